The second-order valence-electron chi connectivity index (χ2n) is 5.58. The molecule has 5 heteroatoms. The van der Waals surface area contributed by atoms with Crippen molar-refractivity contribution in [1.29, 1.82) is 0 Å². The Bertz CT molecular complexity index is 470. The van der Waals surface area contributed by atoms with Crippen LogP contribution in [0.3, 0.4) is 0 Å². The van der Waals surface area contributed by atoms with Gasteiger partial charge in [0.25, 0.3) is 0 Å². The van der Waals surface area contributed by atoms with Crippen LogP contribution in [0.25, 0.3) is 0 Å². The van der Waals surface area contributed by atoms with E-state index in [0.717, 1.165) is 11.3 Å². The third-order valence-electron chi connectivity index (χ3n) is 3.62. The number of nitrogens with zero attached hydrogens (tertiary/aromatic N) is 1. The van der Waals surface area contributed by atoms with Crippen molar-refractivity contribution >= 4 is 23.2 Å². The predicted octanol–water partition coefficient (Wildman–Crippen LogP) is 2.40. The summed E-state index contributed by atoms with van der Waals surface area (Å²) in [7, 11) is 0. The summed E-state index contributed by atoms with van der Waals surface area (Å²) in [4.78, 5) is 27.8. The smallest absolute Gasteiger partial charge is 0.246 e. The Labute approximate surface area is 124 Å². The summed E-state index contributed by atoms with van der Waals surface area (Å²) in [5.41, 5.74) is 0. The number of thiophene rings is 1. The maximum Gasteiger partial charge on any atom is 0.246 e. The highest BCUT2D eigenvalue weighted by atomic mass is 32.1. The van der Waals surface area contributed by atoms with Crippen molar-refractivity contribution in [3.05, 3.63) is 22.4 Å². The Morgan fingerprint density at radius 2 is 2.15 bits per heavy atom. The van der Waals surface area contributed by atoms with E-state index >= 15 is 0 Å². The first kappa shape index (κ1) is 15.0. The van der Waals surface area contributed by atoms with Gasteiger partial charge in [-0.3, -0.25) is 9.59 Å². The molecule has 2 unspecified atom stereocenters. The molecular formula is C15H22N2O2S. The minimum absolute atomic E-state index is 0.0189. The first-order chi connectivity index (χ1) is 9.54. The molecule has 1 aliphatic heterocycles. The van der Waals surface area contributed by atoms with Gasteiger partial charge in [0, 0.05) is 4.88 Å². The standard InChI is InChI=1S/C15H22N2O2S/c1-4-6-12-15(19)17(9-11-7-5-8-20-11)13(10(2)3)14(18)16-12/h5,7-8,10,12-13H,4,6,9H2,1-3H3,(H,16,18). The molecule has 4 nitrogen and oxygen atoms in total. The monoisotopic (exact) mass is 294 g/mol. The Balaban J connectivity index is 2.24. The zero-order valence-electron chi connectivity index (χ0n) is 12.3. The zero-order chi connectivity index (χ0) is 14.7. The van der Waals surface area contributed by atoms with E-state index in [1.165, 1.54) is 0 Å². The van der Waals surface area contributed by atoms with Crippen molar-refractivity contribution in [1.82, 2.24) is 10.2 Å². The van der Waals surface area contributed by atoms with Crippen molar-refractivity contribution in [2.75, 3.05) is 0 Å². The zero-order valence-corrected chi connectivity index (χ0v) is 13.1. The van der Waals surface area contributed by atoms with Crippen LogP contribution in [-0.4, -0.2) is 28.8 Å². The second kappa shape index (κ2) is 6.39. The van der Waals surface area contributed by atoms with Crippen LogP contribution in [0.1, 0.15) is 38.5 Å². The van der Waals surface area contributed by atoms with Crippen LogP contribution in [0.2, 0.25) is 0 Å². The Morgan fingerprint density at radius 1 is 1.40 bits per heavy atom. The lowest BCUT2D eigenvalue weighted by Crippen LogP contribution is -2.64. The normalized spacial score (nSPS) is 23.3. The molecule has 0 radical (unpaired) electrons. The van der Waals surface area contributed by atoms with Crippen molar-refractivity contribution in [3.8, 4) is 0 Å². The summed E-state index contributed by atoms with van der Waals surface area (Å²) >= 11 is 1.62. The quantitative estimate of drug-likeness (QED) is 0.906. The molecule has 110 valence electrons. The fourth-order valence-corrected chi connectivity index (χ4v) is 3.39. The van der Waals surface area contributed by atoms with Crippen molar-refractivity contribution in [3.63, 3.8) is 0 Å². The van der Waals surface area contributed by atoms with Crippen LogP contribution in [0, 0.1) is 5.92 Å². The van der Waals surface area contributed by atoms with Crippen molar-refractivity contribution < 1.29 is 9.59 Å². The third kappa shape index (κ3) is 3.03. The van der Waals surface area contributed by atoms with Crippen LogP contribution in [0.5, 0.6) is 0 Å². The average Bonchev–Trinajstić information content (AvgIpc) is 2.88. The molecule has 2 atom stereocenters. The van der Waals surface area contributed by atoms with Crippen LogP contribution < -0.4 is 5.32 Å². The number of piperazine rings is 1. The van der Waals surface area contributed by atoms with Crippen LogP contribution >= 0.6 is 11.3 Å². The largest absolute Gasteiger partial charge is 0.342 e. The van der Waals surface area contributed by atoms with Gasteiger partial charge in [-0.1, -0.05) is 33.3 Å². The maximum absolute atomic E-state index is 12.6. The molecule has 2 amide bonds. The molecule has 1 N–H and O–H groups in total. The first-order valence-corrected chi connectivity index (χ1v) is 8.05. The van der Waals surface area contributed by atoms with Gasteiger partial charge in [0.2, 0.25) is 11.8 Å². The van der Waals surface area contributed by atoms with Crippen molar-refractivity contribution in [2.45, 2.75) is 52.2 Å². The Kier molecular flexibility index (Phi) is 4.81. The lowest BCUT2D eigenvalue weighted by atomic mass is 9.95. The van der Waals surface area contributed by atoms with Crippen LogP contribution in [-0.2, 0) is 16.1 Å². The number of carbonyl (C=O) groups excluding carboxylic acids is 2. The number of hydrogen-bond donors (Lipinski definition) is 1. The lowest BCUT2D eigenvalue weighted by Gasteiger charge is -2.40. The van der Waals surface area contributed by atoms with Gasteiger partial charge >= 0.3 is 0 Å². The Morgan fingerprint density at radius 3 is 2.70 bits per heavy atom. The Hall–Kier alpha value is -1.36. The molecule has 0 aliphatic carbocycles. The van der Waals surface area contributed by atoms with Crippen LogP contribution in [0.4, 0.5) is 0 Å². The summed E-state index contributed by atoms with van der Waals surface area (Å²) < 4.78 is 0. The molecule has 0 spiro atoms. The number of hydrogen-bond acceptors (Lipinski definition) is 3. The molecule has 2 rings (SSSR count). The summed E-state index contributed by atoms with van der Waals surface area (Å²) in [6.07, 6.45) is 1.59. The number of amides is 2. The van der Waals surface area contributed by atoms with Gasteiger partial charge in [-0.05, 0) is 23.8 Å². The highest BCUT2D eigenvalue weighted by Crippen LogP contribution is 2.23. The molecule has 2 heterocycles. The SMILES string of the molecule is CCCC1NC(=O)C(C(C)C)N(Cc2cccs2)C1=O. The second-order valence-corrected chi connectivity index (χ2v) is 6.62. The van der Waals surface area contributed by atoms with Gasteiger partial charge in [-0.2, -0.15) is 0 Å². The van der Waals surface area contributed by atoms with E-state index in [2.05, 4.69) is 5.32 Å². The highest BCUT2D eigenvalue weighted by molar-refractivity contribution is 7.09. The van der Waals surface area contributed by atoms with Gasteiger partial charge in [-0.15, -0.1) is 11.3 Å². The minimum atomic E-state index is -0.363. The van der Waals surface area contributed by atoms with Gasteiger partial charge in [0.1, 0.15) is 12.1 Å². The fraction of sp³-hybridized carbons (Fsp3) is 0.600. The van der Waals surface area contributed by atoms with E-state index < -0.39 is 0 Å². The van der Waals surface area contributed by atoms with E-state index in [0.29, 0.717) is 13.0 Å². The number of carbonyl (C=O) groups is 2. The first-order valence-electron chi connectivity index (χ1n) is 7.17. The number of rotatable bonds is 5. The molecule has 0 bridgehead atoms. The summed E-state index contributed by atoms with van der Waals surface area (Å²) in [6.45, 7) is 6.53. The van der Waals surface area contributed by atoms with Crippen molar-refractivity contribution in [2.24, 2.45) is 5.92 Å². The number of nitrogens with one attached hydrogen (secondary N) is 1. The van der Waals surface area contributed by atoms with E-state index in [9.17, 15) is 9.59 Å². The molecule has 0 saturated carbocycles. The molecule has 20 heavy (non-hydrogen) atoms. The van der Waals surface area contributed by atoms with Gasteiger partial charge < -0.3 is 10.2 Å². The highest BCUT2D eigenvalue weighted by Gasteiger charge is 2.41. The lowest BCUT2D eigenvalue weighted by molar-refractivity contribution is -0.152. The average molecular weight is 294 g/mol. The topological polar surface area (TPSA) is 49.4 Å². The molecule has 0 aromatic carbocycles. The molecular weight excluding hydrogens is 272 g/mol. The van der Waals surface area contributed by atoms with Gasteiger partial charge in [-0.25, -0.2) is 0 Å². The van der Waals surface area contributed by atoms with Gasteiger partial charge in [0.15, 0.2) is 0 Å². The fourth-order valence-electron chi connectivity index (χ4n) is 2.69. The minimum Gasteiger partial charge on any atom is -0.342 e. The summed E-state index contributed by atoms with van der Waals surface area (Å²) in [6, 6.07) is 3.26. The van der Waals surface area contributed by atoms with E-state index in [-0.39, 0.29) is 29.8 Å². The molecule has 1 aromatic rings. The molecule has 1 fully saturated rings. The van der Waals surface area contributed by atoms with E-state index in [4.69, 9.17) is 0 Å². The molecule has 1 saturated heterocycles. The van der Waals surface area contributed by atoms with Gasteiger partial charge in [0.05, 0.1) is 6.54 Å². The summed E-state index contributed by atoms with van der Waals surface area (Å²) in [5.74, 6) is 0.148. The molecule has 1 aromatic heterocycles. The maximum atomic E-state index is 12.6. The molecule has 1 aliphatic rings. The van der Waals surface area contributed by atoms with E-state index in [1.54, 1.807) is 16.2 Å². The predicted molar refractivity (Wildman–Crippen MR) is 80.3 cm³/mol. The third-order valence-corrected chi connectivity index (χ3v) is 4.48. The van der Waals surface area contributed by atoms with Crippen LogP contribution in [0.15, 0.2) is 17.5 Å². The summed E-state index contributed by atoms with van der Waals surface area (Å²) in [5, 5.41) is 4.88. The van der Waals surface area contributed by atoms with E-state index in [1.807, 2.05) is 38.3 Å².